The van der Waals surface area contributed by atoms with Crippen molar-refractivity contribution in [3.8, 4) is 0 Å². The number of carbonyl (C=O) groups excluding carboxylic acids is 1. The number of rotatable bonds is 4. The van der Waals surface area contributed by atoms with Gasteiger partial charge in [-0.15, -0.1) is 0 Å². The molecular weight excluding hydrogens is 260 g/mol. The molecule has 102 valence electrons. The van der Waals surface area contributed by atoms with E-state index in [0.29, 0.717) is 16.6 Å². The summed E-state index contributed by atoms with van der Waals surface area (Å²) in [7, 11) is 0. The predicted octanol–water partition coefficient (Wildman–Crippen LogP) is 2.72. The zero-order valence-electron chi connectivity index (χ0n) is 10.9. The van der Waals surface area contributed by atoms with E-state index in [2.05, 4.69) is 5.32 Å². The summed E-state index contributed by atoms with van der Waals surface area (Å²) in [6.07, 6.45) is 5.49. The van der Waals surface area contributed by atoms with E-state index in [1.165, 1.54) is 25.7 Å². The smallest absolute Gasteiger partial charge is 0.248 e. The lowest BCUT2D eigenvalue weighted by Gasteiger charge is -2.23. The molecule has 2 aliphatic rings. The summed E-state index contributed by atoms with van der Waals surface area (Å²) in [6, 6.07) is 5.93. The van der Waals surface area contributed by atoms with Crippen LogP contribution in [0.5, 0.6) is 0 Å². The number of nitrogens with one attached hydrogen (secondary N) is 1. The lowest BCUT2D eigenvalue weighted by atomic mass is 9.95. The van der Waals surface area contributed by atoms with Crippen molar-refractivity contribution >= 4 is 17.5 Å². The van der Waals surface area contributed by atoms with E-state index in [1.807, 2.05) is 6.07 Å². The van der Waals surface area contributed by atoms with Gasteiger partial charge in [0.15, 0.2) is 0 Å². The zero-order chi connectivity index (χ0) is 13.4. The first-order valence-corrected chi connectivity index (χ1v) is 7.33. The van der Waals surface area contributed by atoms with Gasteiger partial charge < -0.3 is 11.1 Å². The summed E-state index contributed by atoms with van der Waals surface area (Å²) in [6.45, 7) is 0.770. The van der Waals surface area contributed by atoms with Crippen LogP contribution in [0.4, 0.5) is 0 Å². The summed E-state index contributed by atoms with van der Waals surface area (Å²) in [5.41, 5.74) is 6.74. The number of hydrogen-bond donors (Lipinski definition) is 2. The van der Waals surface area contributed by atoms with Gasteiger partial charge in [-0.05, 0) is 48.8 Å². The molecule has 2 bridgehead atoms. The second-order valence-corrected chi connectivity index (χ2v) is 6.24. The highest BCUT2D eigenvalue weighted by Gasteiger charge is 2.38. The van der Waals surface area contributed by atoms with E-state index in [0.717, 1.165) is 23.9 Å². The van der Waals surface area contributed by atoms with Crippen molar-refractivity contribution in [3.63, 3.8) is 0 Å². The van der Waals surface area contributed by atoms with Gasteiger partial charge in [-0.25, -0.2) is 0 Å². The van der Waals surface area contributed by atoms with Gasteiger partial charge in [0.25, 0.3) is 0 Å². The number of nitrogens with two attached hydrogens (primary N) is 1. The van der Waals surface area contributed by atoms with Crippen molar-refractivity contribution in [2.24, 2.45) is 17.6 Å². The van der Waals surface area contributed by atoms with Crippen LogP contribution in [-0.2, 0) is 6.54 Å². The van der Waals surface area contributed by atoms with Crippen LogP contribution in [0.25, 0.3) is 0 Å². The number of primary amides is 1. The zero-order valence-corrected chi connectivity index (χ0v) is 11.6. The van der Waals surface area contributed by atoms with Crippen LogP contribution in [0.15, 0.2) is 18.2 Å². The van der Waals surface area contributed by atoms with Crippen LogP contribution in [0.2, 0.25) is 5.02 Å². The van der Waals surface area contributed by atoms with E-state index in [4.69, 9.17) is 17.3 Å². The van der Waals surface area contributed by atoms with Gasteiger partial charge in [-0.3, -0.25) is 4.79 Å². The first-order chi connectivity index (χ1) is 9.13. The van der Waals surface area contributed by atoms with Gasteiger partial charge in [-0.1, -0.05) is 24.1 Å². The minimum absolute atomic E-state index is 0.436. The van der Waals surface area contributed by atoms with Gasteiger partial charge in [0, 0.05) is 23.2 Å². The number of hydrogen-bond acceptors (Lipinski definition) is 2. The first-order valence-electron chi connectivity index (χ1n) is 6.95. The molecule has 3 N–H and O–H groups in total. The highest BCUT2D eigenvalue weighted by molar-refractivity contribution is 6.31. The van der Waals surface area contributed by atoms with E-state index in [-0.39, 0.29) is 0 Å². The summed E-state index contributed by atoms with van der Waals surface area (Å²) in [5.74, 6) is 1.36. The fourth-order valence-corrected chi connectivity index (χ4v) is 3.83. The average molecular weight is 279 g/mol. The second kappa shape index (κ2) is 5.14. The van der Waals surface area contributed by atoms with E-state index < -0.39 is 5.91 Å². The number of halogens is 1. The standard InChI is InChI=1S/C15H19ClN2O/c16-13-7-11(15(17)19)3-4-12(13)8-18-14-6-9-1-2-10(14)5-9/h3-4,7,9-10,14,18H,1-2,5-6,8H2,(H2,17,19). The molecule has 1 amide bonds. The Morgan fingerprint density at radius 1 is 1.37 bits per heavy atom. The van der Waals surface area contributed by atoms with Crippen molar-refractivity contribution in [2.45, 2.75) is 38.3 Å². The fraction of sp³-hybridized carbons (Fsp3) is 0.533. The third-order valence-electron chi connectivity index (χ3n) is 4.63. The number of fused-ring (bicyclic) bond motifs is 2. The molecule has 0 aromatic heterocycles. The van der Waals surface area contributed by atoms with E-state index >= 15 is 0 Å². The molecule has 0 radical (unpaired) electrons. The van der Waals surface area contributed by atoms with Gasteiger partial charge in [0.05, 0.1) is 0 Å². The Labute approximate surface area is 118 Å². The van der Waals surface area contributed by atoms with Gasteiger partial charge >= 0.3 is 0 Å². The van der Waals surface area contributed by atoms with Gasteiger partial charge in [-0.2, -0.15) is 0 Å². The maximum atomic E-state index is 11.1. The van der Waals surface area contributed by atoms with Gasteiger partial charge in [0.2, 0.25) is 5.91 Å². The minimum Gasteiger partial charge on any atom is -0.366 e. The normalized spacial score (nSPS) is 28.8. The predicted molar refractivity (Wildman–Crippen MR) is 76.0 cm³/mol. The molecule has 0 aliphatic heterocycles. The lowest BCUT2D eigenvalue weighted by Crippen LogP contribution is -2.33. The monoisotopic (exact) mass is 278 g/mol. The third-order valence-corrected chi connectivity index (χ3v) is 4.98. The van der Waals surface area contributed by atoms with Crippen molar-refractivity contribution < 1.29 is 4.79 Å². The van der Waals surface area contributed by atoms with Gasteiger partial charge in [0.1, 0.15) is 0 Å². The molecule has 3 unspecified atom stereocenters. The Kier molecular flexibility index (Phi) is 3.50. The molecule has 0 spiro atoms. The fourth-order valence-electron chi connectivity index (χ4n) is 3.58. The van der Waals surface area contributed by atoms with E-state index in [1.54, 1.807) is 12.1 Å². The largest absolute Gasteiger partial charge is 0.366 e. The molecule has 1 aromatic carbocycles. The molecule has 4 heteroatoms. The molecule has 2 aliphatic carbocycles. The lowest BCUT2D eigenvalue weighted by molar-refractivity contribution is 0.100. The molecule has 1 aromatic rings. The van der Waals surface area contributed by atoms with Crippen molar-refractivity contribution in [3.05, 3.63) is 34.3 Å². The Balaban J connectivity index is 1.62. The van der Waals surface area contributed by atoms with Crippen molar-refractivity contribution in [2.75, 3.05) is 0 Å². The van der Waals surface area contributed by atoms with E-state index in [9.17, 15) is 4.79 Å². The summed E-state index contributed by atoms with van der Waals surface area (Å²) >= 11 is 6.19. The molecule has 0 saturated heterocycles. The molecule has 3 nitrogen and oxygen atoms in total. The van der Waals surface area contributed by atoms with Crippen molar-refractivity contribution in [1.82, 2.24) is 5.32 Å². The van der Waals surface area contributed by atoms with Crippen LogP contribution in [0.1, 0.15) is 41.6 Å². The van der Waals surface area contributed by atoms with Crippen LogP contribution >= 0.6 is 11.6 Å². The van der Waals surface area contributed by atoms with Crippen LogP contribution in [0.3, 0.4) is 0 Å². The highest BCUT2D eigenvalue weighted by atomic mass is 35.5. The summed E-state index contributed by atoms with van der Waals surface area (Å²) in [4.78, 5) is 11.1. The highest BCUT2D eigenvalue weighted by Crippen LogP contribution is 2.44. The van der Waals surface area contributed by atoms with Crippen molar-refractivity contribution in [1.29, 1.82) is 0 Å². The number of benzene rings is 1. The SMILES string of the molecule is NC(=O)c1ccc(CNC2CC3CCC2C3)c(Cl)c1. The third kappa shape index (κ3) is 2.63. The Morgan fingerprint density at radius 3 is 2.79 bits per heavy atom. The Hall–Kier alpha value is -1.06. The first kappa shape index (κ1) is 12.9. The number of carbonyl (C=O) groups is 1. The maximum absolute atomic E-state index is 11.1. The molecule has 19 heavy (non-hydrogen) atoms. The topological polar surface area (TPSA) is 55.1 Å². The Morgan fingerprint density at radius 2 is 2.21 bits per heavy atom. The minimum atomic E-state index is -0.436. The van der Waals surface area contributed by atoms with Crippen LogP contribution < -0.4 is 11.1 Å². The molecule has 0 heterocycles. The molecule has 3 rings (SSSR count). The molecule has 3 atom stereocenters. The second-order valence-electron chi connectivity index (χ2n) is 5.83. The molecule has 2 fully saturated rings. The van der Waals surface area contributed by atoms with Crippen LogP contribution in [-0.4, -0.2) is 11.9 Å². The summed E-state index contributed by atoms with van der Waals surface area (Å²) < 4.78 is 0. The average Bonchev–Trinajstić information content (AvgIpc) is 2.99. The van der Waals surface area contributed by atoms with Crippen LogP contribution in [0, 0.1) is 11.8 Å². The summed E-state index contributed by atoms with van der Waals surface area (Å²) in [5, 5.41) is 4.24. The molecular formula is C15H19ClN2O. The quantitative estimate of drug-likeness (QED) is 0.890. The maximum Gasteiger partial charge on any atom is 0.248 e. The molecule has 2 saturated carbocycles. The Bertz CT molecular complexity index is 503. The number of amides is 1.